The molecule has 0 saturated carbocycles. The second kappa shape index (κ2) is 6.83. The second-order valence-electron chi connectivity index (χ2n) is 6.21. The van der Waals surface area contributed by atoms with Crippen LogP contribution in [-0.2, 0) is 19.5 Å². The van der Waals surface area contributed by atoms with E-state index in [-0.39, 0.29) is 5.82 Å². The number of aromatic nitrogens is 3. The summed E-state index contributed by atoms with van der Waals surface area (Å²) in [5, 5.41) is 11.6. The molecule has 0 spiro atoms. The maximum atomic E-state index is 13.3. The van der Waals surface area contributed by atoms with E-state index in [1.165, 1.54) is 10.9 Å². The van der Waals surface area contributed by atoms with Gasteiger partial charge in [0, 0.05) is 35.8 Å². The molecule has 0 saturated heterocycles. The summed E-state index contributed by atoms with van der Waals surface area (Å²) in [6.45, 7) is 2.84. The highest BCUT2D eigenvalue weighted by atomic mass is 32.1. The third-order valence-corrected chi connectivity index (χ3v) is 5.56. The lowest BCUT2D eigenvalue weighted by Crippen LogP contribution is -2.29. The summed E-state index contributed by atoms with van der Waals surface area (Å²) in [4.78, 5) is 2.38. The number of aryl methyl sites for hydroxylation is 1. The highest BCUT2D eigenvalue weighted by Crippen LogP contribution is 2.28. The van der Waals surface area contributed by atoms with Gasteiger partial charge in [0.25, 0.3) is 0 Å². The summed E-state index contributed by atoms with van der Waals surface area (Å²) in [6, 6.07) is 11.0. The molecular formula is C18H19FN4S. The van der Waals surface area contributed by atoms with E-state index in [1.54, 1.807) is 23.5 Å². The van der Waals surface area contributed by atoms with Gasteiger partial charge in [-0.3, -0.25) is 0 Å². The topological polar surface area (TPSA) is 42.7 Å². The maximum absolute atomic E-state index is 13.3. The third kappa shape index (κ3) is 3.39. The van der Waals surface area contributed by atoms with Crippen molar-refractivity contribution in [2.75, 3.05) is 6.54 Å². The van der Waals surface area contributed by atoms with Crippen LogP contribution in [-0.4, -0.2) is 21.3 Å². The molecule has 4 rings (SSSR count). The molecule has 24 heavy (non-hydrogen) atoms. The van der Waals surface area contributed by atoms with Gasteiger partial charge in [-0.05, 0) is 42.2 Å². The molecule has 0 radical (unpaired) electrons. The predicted octanol–water partition coefficient (Wildman–Crippen LogP) is 3.50. The van der Waals surface area contributed by atoms with Gasteiger partial charge in [-0.25, -0.2) is 4.39 Å². The zero-order chi connectivity index (χ0) is 16.4. The first-order valence-corrected chi connectivity index (χ1v) is 9.01. The first-order chi connectivity index (χ1) is 11.8. The molecule has 124 valence electrons. The van der Waals surface area contributed by atoms with Gasteiger partial charge in [-0.1, -0.05) is 12.1 Å². The highest BCUT2D eigenvalue weighted by molar-refractivity contribution is 7.15. The van der Waals surface area contributed by atoms with Crippen molar-refractivity contribution in [3.63, 3.8) is 0 Å². The van der Waals surface area contributed by atoms with E-state index in [0.717, 1.165) is 48.7 Å². The fraction of sp³-hybridized carbons (Fsp3) is 0.333. The molecule has 4 nitrogen and oxygen atoms in total. The van der Waals surface area contributed by atoms with Gasteiger partial charge < -0.3 is 9.88 Å². The van der Waals surface area contributed by atoms with Crippen molar-refractivity contribution >= 4 is 11.3 Å². The van der Waals surface area contributed by atoms with Crippen LogP contribution in [0.5, 0.6) is 0 Å². The standard InChI is InChI=1S/C18H19FN4S/c19-15-3-1-2-14(8-15)17-6-5-16(24-17)10-20-9-13-4-7-18-22-21-12-23(18)11-13/h1-3,5-6,8,12-13,20H,4,7,9-11H2. The molecule has 1 aliphatic heterocycles. The van der Waals surface area contributed by atoms with Gasteiger partial charge in [-0.15, -0.1) is 21.5 Å². The molecule has 1 aliphatic rings. The molecule has 3 heterocycles. The van der Waals surface area contributed by atoms with Crippen molar-refractivity contribution in [2.24, 2.45) is 5.92 Å². The zero-order valence-electron chi connectivity index (χ0n) is 13.3. The minimum atomic E-state index is -0.189. The number of benzene rings is 1. The molecule has 0 fully saturated rings. The quantitative estimate of drug-likeness (QED) is 0.772. The van der Waals surface area contributed by atoms with Gasteiger partial charge in [0.1, 0.15) is 18.0 Å². The Balaban J connectivity index is 1.31. The summed E-state index contributed by atoms with van der Waals surface area (Å²) in [5.41, 5.74) is 0.943. The first kappa shape index (κ1) is 15.5. The molecule has 1 atom stereocenters. The Bertz CT molecular complexity index is 826. The molecule has 0 bridgehead atoms. The summed E-state index contributed by atoms with van der Waals surface area (Å²) in [7, 11) is 0. The Morgan fingerprint density at radius 3 is 3.17 bits per heavy atom. The number of fused-ring (bicyclic) bond motifs is 1. The number of thiophene rings is 1. The van der Waals surface area contributed by atoms with Crippen LogP contribution in [0, 0.1) is 11.7 Å². The van der Waals surface area contributed by atoms with Gasteiger partial charge in [0.15, 0.2) is 0 Å². The van der Waals surface area contributed by atoms with E-state index in [1.807, 2.05) is 12.4 Å². The molecule has 0 aliphatic carbocycles. The molecule has 1 aromatic carbocycles. The first-order valence-electron chi connectivity index (χ1n) is 8.20. The van der Waals surface area contributed by atoms with E-state index in [4.69, 9.17) is 0 Å². The lowest BCUT2D eigenvalue weighted by Gasteiger charge is -2.23. The molecule has 0 amide bonds. The van der Waals surface area contributed by atoms with Gasteiger partial charge >= 0.3 is 0 Å². The van der Waals surface area contributed by atoms with Crippen molar-refractivity contribution in [2.45, 2.75) is 25.9 Å². The van der Waals surface area contributed by atoms with Crippen LogP contribution in [0.3, 0.4) is 0 Å². The van der Waals surface area contributed by atoms with E-state index in [2.05, 4.69) is 32.2 Å². The Hall–Kier alpha value is -2.05. The Morgan fingerprint density at radius 1 is 1.29 bits per heavy atom. The van der Waals surface area contributed by atoms with Crippen LogP contribution in [0.25, 0.3) is 10.4 Å². The molecular weight excluding hydrogens is 323 g/mol. The van der Waals surface area contributed by atoms with Crippen LogP contribution >= 0.6 is 11.3 Å². The fourth-order valence-electron chi connectivity index (χ4n) is 3.16. The van der Waals surface area contributed by atoms with Crippen molar-refractivity contribution in [1.29, 1.82) is 0 Å². The number of rotatable bonds is 5. The lowest BCUT2D eigenvalue weighted by molar-refractivity contribution is 0.348. The number of nitrogens with one attached hydrogen (secondary N) is 1. The van der Waals surface area contributed by atoms with Gasteiger partial charge in [0.05, 0.1) is 0 Å². The van der Waals surface area contributed by atoms with Crippen LogP contribution in [0.15, 0.2) is 42.7 Å². The minimum absolute atomic E-state index is 0.189. The number of hydrogen-bond donors (Lipinski definition) is 1. The minimum Gasteiger partial charge on any atom is -0.317 e. The molecule has 1 unspecified atom stereocenters. The second-order valence-corrected chi connectivity index (χ2v) is 7.38. The maximum Gasteiger partial charge on any atom is 0.132 e. The number of halogens is 1. The van der Waals surface area contributed by atoms with E-state index < -0.39 is 0 Å². The summed E-state index contributed by atoms with van der Waals surface area (Å²) >= 11 is 1.72. The van der Waals surface area contributed by atoms with Crippen molar-refractivity contribution in [3.8, 4) is 10.4 Å². The van der Waals surface area contributed by atoms with Crippen LogP contribution < -0.4 is 5.32 Å². The Morgan fingerprint density at radius 2 is 2.25 bits per heavy atom. The summed E-state index contributed by atoms with van der Waals surface area (Å²) in [5.74, 6) is 1.53. The van der Waals surface area contributed by atoms with Crippen LogP contribution in [0.4, 0.5) is 4.39 Å². The monoisotopic (exact) mass is 342 g/mol. The SMILES string of the molecule is Fc1cccc(-c2ccc(CNCC3CCc4nncn4C3)s2)c1. The fourth-order valence-corrected chi connectivity index (χ4v) is 4.14. The summed E-state index contributed by atoms with van der Waals surface area (Å²) < 4.78 is 15.5. The summed E-state index contributed by atoms with van der Waals surface area (Å²) in [6.07, 6.45) is 3.99. The lowest BCUT2D eigenvalue weighted by atomic mass is 9.99. The predicted molar refractivity (Wildman–Crippen MR) is 93.3 cm³/mol. The average molecular weight is 342 g/mol. The third-order valence-electron chi connectivity index (χ3n) is 4.43. The van der Waals surface area contributed by atoms with E-state index in [9.17, 15) is 4.39 Å². The number of hydrogen-bond acceptors (Lipinski definition) is 4. The van der Waals surface area contributed by atoms with Gasteiger partial charge in [-0.2, -0.15) is 0 Å². The zero-order valence-corrected chi connectivity index (χ0v) is 14.1. The van der Waals surface area contributed by atoms with E-state index in [0.29, 0.717) is 5.92 Å². The van der Waals surface area contributed by atoms with Crippen molar-refractivity contribution < 1.29 is 4.39 Å². The molecule has 3 aromatic rings. The Kier molecular flexibility index (Phi) is 4.40. The molecule has 6 heteroatoms. The van der Waals surface area contributed by atoms with Crippen molar-refractivity contribution in [1.82, 2.24) is 20.1 Å². The van der Waals surface area contributed by atoms with Crippen LogP contribution in [0.2, 0.25) is 0 Å². The van der Waals surface area contributed by atoms with E-state index >= 15 is 0 Å². The normalized spacial score (nSPS) is 17.0. The highest BCUT2D eigenvalue weighted by Gasteiger charge is 2.19. The average Bonchev–Trinajstić information content (AvgIpc) is 3.23. The van der Waals surface area contributed by atoms with Crippen molar-refractivity contribution in [3.05, 3.63) is 59.2 Å². The van der Waals surface area contributed by atoms with Gasteiger partial charge in [0.2, 0.25) is 0 Å². The smallest absolute Gasteiger partial charge is 0.132 e. The Labute approximate surface area is 144 Å². The van der Waals surface area contributed by atoms with Crippen LogP contribution in [0.1, 0.15) is 17.1 Å². The molecule has 1 N–H and O–H groups in total. The molecule has 2 aromatic heterocycles. The largest absolute Gasteiger partial charge is 0.317 e. The number of nitrogens with zero attached hydrogens (tertiary/aromatic N) is 3.